The van der Waals surface area contributed by atoms with Gasteiger partial charge in [-0.15, -0.1) is 0 Å². The van der Waals surface area contributed by atoms with Crippen LogP contribution in [-0.2, 0) is 24.3 Å². The van der Waals surface area contributed by atoms with E-state index in [0.29, 0.717) is 24.2 Å². The van der Waals surface area contributed by atoms with E-state index in [1.807, 2.05) is 0 Å². The van der Waals surface area contributed by atoms with Crippen molar-refractivity contribution in [2.45, 2.75) is 37.8 Å². The van der Waals surface area contributed by atoms with Gasteiger partial charge >= 0.3 is 0 Å². The van der Waals surface area contributed by atoms with Crippen molar-refractivity contribution in [1.29, 1.82) is 0 Å². The highest BCUT2D eigenvalue weighted by Gasteiger charge is 2.51. The van der Waals surface area contributed by atoms with Crippen molar-refractivity contribution >= 4 is 23.2 Å². The predicted molar refractivity (Wildman–Crippen MR) is 120 cm³/mol. The monoisotopic (exact) mass is 453 g/mol. The smallest absolute Gasteiger partial charge is 0.272 e. The van der Waals surface area contributed by atoms with E-state index in [2.05, 4.69) is 20.9 Å². The van der Waals surface area contributed by atoms with Crippen molar-refractivity contribution in [2.24, 2.45) is 7.05 Å². The highest BCUT2D eigenvalue weighted by molar-refractivity contribution is 5.99. The number of aryl methyl sites for hydroxylation is 1. The highest BCUT2D eigenvalue weighted by atomic mass is 19.3. The molecule has 3 aromatic rings. The normalized spacial score (nSPS) is 14.4. The third kappa shape index (κ3) is 5.19. The Kier molecular flexibility index (Phi) is 5.88. The first-order chi connectivity index (χ1) is 15.7. The molecule has 3 N–H and O–H groups in total. The summed E-state index contributed by atoms with van der Waals surface area (Å²) in [7, 11) is 1.77. The molecule has 2 aromatic carbocycles. The van der Waals surface area contributed by atoms with Gasteiger partial charge < -0.3 is 20.5 Å². The Balaban J connectivity index is 1.34. The summed E-state index contributed by atoms with van der Waals surface area (Å²) < 4.78 is 29.3. The molecule has 0 saturated heterocycles. The van der Waals surface area contributed by atoms with Crippen molar-refractivity contribution in [2.75, 3.05) is 5.32 Å². The molecule has 0 aliphatic heterocycles. The van der Waals surface area contributed by atoms with Crippen LogP contribution in [0.5, 0.6) is 0 Å². The fourth-order valence-corrected chi connectivity index (χ4v) is 3.53. The van der Waals surface area contributed by atoms with Crippen molar-refractivity contribution in [3.63, 3.8) is 0 Å². The zero-order valence-corrected chi connectivity index (χ0v) is 18.4. The molecule has 1 saturated carbocycles. The van der Waals surface area contributed by atoms with Gasteiger partial charge in [0.15, 0.2) is 0 Å². The van der Waals surface area contributed by atoms with E-state index >= 15 is 0 Å². The number of carbonyl (C=O) groups is 2. The van der Waals surface area contributed by atoms with Crippen molar-refractivity contribution in [3.8, 4) is 0 Å². The van der Waals surface area contributed by atoms with E-state index in [4.69, 9.17) is 0 Å². The molecule has 172 valence electrons. The highest BCUT2D eigenvalue weighted by Crippen LogP contribution is 2.36. The first-order valence-corrected chi connectivity index (χ1v) is 10.6. The molecular weight excluding hydrogens is 428 g/mol. The predicted octanol–water partition coefficient (Wildman–Crippen LogP) is 3.85. The zero-order chi connectivity index (χ0) is 23.6. The van der Waals surface area contributed by atoms with Gasteiger partial charge in [0.2, 0.25) is 5.91 Å². The third-order valence-corrected chi connectivity index (χ3v) is 5.56. The number of hydrogen-bond donors (Lipinski definition) is 3. The number of hydrogen-bond acceptors (Lipinski definition) is 4. The topological polar surface area (TPSA) is 88.0 Å². The molecule has 1 fully saturated rings. The van der Waals surface area contributed by atoms with E-state index in [1.165, 1.54) is 12.4 Å². The number of nitrogens with one attached hydrogen (secondary N) is 3. The first kappa shape index (κ1) is 22.4. The van der Waals surface area contributed by atoms with Crippen molar-refractivity contribution in [1.82, 2.24) is 20.2 Å². The van der Waals surface area contributed by atoms with Crippen LogP contribution in [0.4, 0.5) is 20.2 Å². The second-order valence-corrected chi connectivity index (χ2v) is 8.40. The molecule has 1 heterocycles. The Morgan fingerprint density at radius 3 is 2.42 bits per heavy atom. The molecule has 9 heteroatoms. The van der Waals surface area contributed by atoms with E-state index < -0.39 is 11.5 Å². The van der Waals surface area contributed by atoms with Crippen LogP contribution in [0.25, 0.3) is 0 Å². The second-order valence-electron chi connectivity index (χ2n) is 8.40. The van der Waals surface area contributed by atoms with Crippen LogP contribution in [-0.4, -0.2) is 26.9 Å². The fraction of sp³-hybridized carbons (Fsp3) is 0.292. The Morgan fingerprint density at radius 2 is 1.82 bits per heavy atom. The standard InChI is InChI=1S/C24H25F2N5O2/c1-23(25,26)18-5-3-4-6-19(18)29-17-9-7-16(8-10-17)13-27-22(33)24(11-12-24)30-21(32)20-14-31(2)15-28-20/h3-10,14-15,29H,11-13H2,1-2H3,(H,27,33)(H,30,32). The van der Waals surface area contributed by atoms with Gasteiger partial charge in [0.1, 0.15) is 11.2 Å². The first-order valence-electron chi connectivity index (χ1n) is 10.6. The van der Waals surface area contributed by atoms with E-state index in [1.54, 1.807) is 60.3 Å². The van der Waals surface area contributed by atoms with Crippen LogP contribution in [0.3, 0.4) is 0 Å². The average Bonchev–Trinajstić information content (AvgIpc) is 3.43. The lowest BCUT2D eigenvalue weighted by Crippen LogP contribution is -2.48. The molecule has 0 unspecified atom stereocenters. The fourth-order valence-electron chi connectivity index (χ4n) is 3.53. The number of amides is 2. The molecule has 0 bridgehead atoms. The number of benzene rings is 2. The van der Waals surface area contributed by atoms with Crippen LogP contribution >= 0.6 is 0 Å². The quantitative estimate of drug-likeness (QED) is 0.483. The van der Waals surface area contributed by atoms with Gasteiger partial charge in [0, 0.05) is 43.7 Å². The number of carbonyl (C=O) groups excluding carboxylic acids is 2. The van der Waals surface area contributed by atoms with Gasteiger partial charge in [-0.2, -0.15) is 0 Å². The lowest BCUT2D eigenvalue weighted by atomic mass is 10.1. The Labute approximate surface area is 190 Å². The number of anilines is 2. The molecule has 0 radical (unpaired) electrons. The van der Waals surface area contributed by atoms with Crippen LogP contribution in [0.2, 0.25) is 0 Å². The van der Waals surface area contributed by atoms with Crippen molar-refractivity contribution < 1.29 is 18.4 Å². The summed E-state index contributed by atoms with van der Waals surface area (Å²) in [5.74, 6) is -3.58. The Hall–Kier alpha value is -3.75. The summed E-state index contributed by atoms with van der Waals surface area (Å²) >= 11 is 0. The molecule has 7 nitrogen and oxygen atoms in total. The van der Waals surface area contributed by atoms with Gasteiger partial charge in [0.25, 0.3) is 11.8 Å². The number of nitrogens with zero attached hydrogens (tertiary/aromatic N) is 2. The molecule has 33 heavy (non-hydrogen) atoms. The maximum atomic E-state index is 13.8. The largest absolute Gasteiger partial charge is 0.355 e. The van der Waals surface area contributed by atoms with Gasteiger partial charge in [-0.3, -0.25) is 9.59 Å². The van der Waals surface area contributed by atoms with Crippen LogP contribution in [0, 0.1) is 0 Å². The number of halogens is 2. The average molecular weight is 453 g/mol. The van der Waals surface area contributed by atoms with Crippen LogP contribution in [0.15, 0.2) is 61.1 Å². The number of para-hydroxylation sites is 1. The van der Waals surface area contributed by atoms with Crippen LogP contribution < -0.4 is 16.0 Å². The number of alkyl halides is 2. The van der Waals surface area contributed by atoms with E-state index in [9.17, 15) is 18.4 Å². The Morgan fingerprint density at radius 1 is 1.12 bits per heavy atom. The maximum Gasteiger partial charge on any atom is 0.272 e. The van der Waals surface area contributed by atoms with Crippen LogP contribution in [0.1, 0.15) is 41.4 Å². The number of aromatic nitrogens is 2. The summed E-state index contributed by atoms with van der Waals surface area (Å²) in [5.41, 5.74) is 1.12. The molecule has 4 rings (SSSR count). The molecule has 2 amide bonds. The summed E-state index contributed by atoms with van der Waals surface area (Å²) in [6, 6.07) is 13.4. The summed E-state index contributed by atoms with van der Waals surface area (Å²) in [4.78, 5) is 29.0. The maximum absolute atomic E-state index is 13.8. The van der Waals surface area contributed by atoms with Gasteiger partial charge in [0.05, 0.1) is 6.33 Å². The number of imidazole rings is 1. The minimum Gasteiger partial charge on any atom is -0.355 e. The summed E-state index contributed by atoms with van der Waals surface area (Å²) in [5, 5.41) is 8.67. The lowest BCUT2D eigenvalue weighted by Gasteiger charge is -2.18. The zero-order valence-electron chi connectivity index (χ0n) is 18.4. The molecule has 1 aliphatic rings. The molecule has 1 aromatic heterocycles. The molecular formula is C24H25F2N5O2. The van der Waals surface area contributed by atoms with Crippen molar-refractivity contribution in [3.05, 3.63) is 77.9 Å². The van der Waals surface area contributed by atoms with Gasteiger partial charge in [-0.1, -0.05) is 30.3 Å². The second kappa shape index (κ2) is 8.65. The van der Waals surface area contributed by atoms with Gasteiger partial charge in [-0.05, 0) is 36.6 Å². The summed E-state index contributed by atoms with van der Waals surface area (Å²) in [6.07, 6.45) is 4.27. The SMILES string of the molecule is Cn1cnc(C(=O)NC2(C(=O)NCc3ccc(Nc4ccccc4C(C)(F)F)cc3)CC2)c1. The minimum absolute atomic E-state index is 0.0798. The van der Waals surface area contributed by atoms with Gasteiger partial charge in [-0.25, -0.2) is 13.8 Å². The molecule has 1 aliphatic carbocycles. The summed E-state index contributed by atoms with van der Waals surface area (Å²) in [6.45, 7) is 1.15. The Bertz CT molecular complexity index is 1160. The lowest BCUT2D eigenvalue weighted by molar-refractivity contribution is -0.124. The third-order valence-electron chi connectivity index (χ3n) is 5.56. The minimum atomic E-state index is -2.96. The number of rotatable bonds is 8. The molecule has 0 atom stereocenters. The van der Waals surface area contributed by atoms with E-state index in [-0.39, 0.29) is 29.6 Å². The van der Waals surface area contributed by atoms with E-state index in [0.717, 1.165) is 12.5 Å². The molecule has 0 spiro atoms.